The Balaban J connectivity index is 2.47. The minimum Gasteiger partial charge on any atom is -0.298 e. The van der Waals surface area contributed by atoms with Crippen LogP contribution in [0.4, 0.5) is 0 Å². The maximum Gasteiger partial charge on any atom is 0.157 e. The fraction of sp³-hybridized carbons (Fsp3) is 0.900. The molecule has 0 atom stereocenters. The number of hydrogen-bond donors (Lipinski definition) is 0. The molecule has 0 aromatic rings. The smallest absolute Gasteiger partial charge is 0.157 e. The van der Waals surface area contributed by atoms with Crippen LogP contribution in [-0.4, -0.2) is 25.7 Å². The quantitative estimate of drug-likeness (QED) is 0.704. The molecule has 1 aliphatic carbocycles. The van der Waals surface area contributed by atoms with Crippen LogP contribution < -0.4 is 0 Å². The molecule has 0 heterocycles. The normalized spacial score (nSPS) is 18.6. The molecule has 0 bridgehead atoms. The molecular formula is C10H18O3S. The molecule has 0 radical (unpaired) electrons. The summed E-state index contributed by atoms with van der Waals surface area (Å²) in [6.45, 7) is 1.82. The summed E-state index contributed by atoms with van der Waals surface area (Å²) in [5, 5.41) is 0. The first-order valence-electron chi connectivity index (χ1n) is 5.28. The zero-order valence-electron chi connectivity index (χ0n) is 8.66. The third kappa shape index (κ3) is 3.40. The van der Waals surface area contributed by atoms with Crippen molar-refractivity contribution in [1.82, 2.24) is 0 Å². The van der Waals surface area contributed by atoms with E-state index in [1.165, 1.54) is 0 Å². The molecule has 82 valence electrons. The van der Waals surface area contributed by atoms with Gasteiger partial charge in [0.05, 0.1) is 5.75 Å². The van der Waals surface area contributed by atoms with Gasteiger partial charge in [0.2, 0.25) is 0 Å². The van der Waals surface area contributed by atoms with Gasteiger partial charge in [-0.2, -0.15) is 0 Å². The van der Waals surface area contributed by atoms with Crippen molar-refractivity contribution in [2.45, 2.75) is 39.0 Å². The minimum atomic E-state index is -3.12. The first kappa shape index (κ1) is 11.7. The summed E-state index contributed by atoms with van der Waals surface area (Å²) in [7, 11) is -3.12. The molecule has 0 unspecified atom stereocenters. The fourth-order valence-corrected chi connectivity index (χ4v) is 3.40. The molecule has 0 N–H and O–H groups in total. The highest BCUT2D eigenvalue weighted by molar-refractivity contribution is 7.92. The summed E-state index contributed by atoms with van der Waals surface area (Å²) in [6, 6.07) is 0. The highest BCUT2D eigenvalue weighted by Gasteiger charge is 2.26. The average molecular weight is 218 g/mol. The van der Waals surface area contributed by atoms with Gasteiger partial charge in [0, 0.05) is 5.92 Å². The predicted molar refractivity (Wildman–Crippen MR) is 55.9 cm³/mol. The van der Waals surface area contributed by atoms with E-state index in [0.29, 0.717) is 6.42 Å². The molecule has 14 heavy (non-hydrogen) atoms. The van der Waals surface area contributed by atoms with Gasteiger partial charge in [-0.15, -0.1) is 0 Å². The van der Waals surface area contributed by atoms with Crippen molar-refractivity contribution in [3.8, 4) is 0 Å². The number of sulfone groups is 1. The van der Waals surface area contributed by atoms with E-state index in [1.54, 1.807) is 0 Å². The molecule has 0 aliphatic heterocycles. The summed E-state index contributed by atoms with van der Waals surface area (Å²) in [5.41, 5.74) is 0. The molecule has 3 nitrogen and oxygen atoms in total. The number of Topliss-reactive ketones (excluding diaryl/α,β-unsaturated/α-hetero) is 1. The number of carbonyl (C=O) groups excluding carboxylic acids is 1. The molecule has 0 amide bonds. The Morgan fingerprint density at radius 2 is 1.86 bits per heavy atom. The van der Waals surface area contributed by atoms with Crippen molar-refractivity contribution in [2.24, 2.45) is 5.92 Å². The Hall–Kier alpha value is -0.380. The standard InChI is InChI=1S/C10H18O3S/c1-2-7-14(12,13)8-10(11)9-5-3-4-6-9/h9H,2-8H2,1H3. The maximum absolute atomic E-state index is 11.6. The van der Waals surface area contributed by atoms with E-state index in [2.05, 4.69) is 0 Å². The maximum atomic E-state index is 11.6. The van der Waals surface area contributed by atoms with Crippen LogP contribution in [-0.2, 0) is 14.6 Å². The van der Waals surface area contributed by atoms with E-state index < -0.39 is 9.84 Å². The van der Waals surface area contributed by atoms with Crippen LogP contribution in [0, 0.1) is 5.92 Å². The first-order valence-corrected chi connectivity index (χ1v) is 7.10. The highest BCUT2D eigenvalue weighted by atomic mass is 32.2. The molecule has 1 rings (SSSR count). The Morgan fingerprint density at radius 1 is 1.29 bits per heavy atom. The van der Waals surface area contributed by atoms with Crippen LogP contribution in [0.3, 0.4) is 0 Å². The molecular weight excluding hydrogens is 200 g/mol. The van der Waals surface area contributed by atoms with Crippen molar-refractivity contribution < 1.29 is 13.2 Å². The topological polar surface area (TPSA) is 51.2 Å². The molecule has 1 fully saturated rings. The van der Waals surface area contributed by atoms with E-state index in [0.717, 1.165) is 25.7 Å². The van der Waals surface area contributed by atoms with Crippen molar-refractivity contribution in [3.63, 3.8) is 0 Å². The van der Waals surface area contributed by atoms with Gasteiger partial charge in [-0.1, -0.05) is 19.8 Å². The van der Waals surface area contributed by atoms with Gasteiger partial charge < -0.3 is 0 Å². The number of rotatable bonds is 5. The van der Waals surface area contributed by atoms with E-state index in [1.807, 2.05) is 6.92 Å². The highest BCUT2D eigenvalue weighted by Crippen LogP contribution is 2.25. The fourth-order valence-electron chi connectivity index (χ4n) is 1.97. The van der Waals surface area contributed by atoms with Crippen molar-refractivity contribution in [3.05, 3.63) is 0 Å². The first-order chi connectivity index (χ1) is 6.55. The molecule has 1 saturated carbocycles. The monoisotopic (exact) mass is 218 g/mol. The molecule has 0 saturated heterocycles. The Morgan fingerprint density at radius 3 is 2.36 bits per heavy atom. The van der Waals surface area contributed by atoms with Crippen molar-refractivity contribution in [1.29, 1.82) is 0 Å². The van der Waals surface area contributed by atoms with E-state index in [9.17, 15) is 13.2 Å². The third-order valence-corrected chi connectivity index (χ3v) is 4.44. The van der Waals surface area contributed by atoms with Gasteiger partial charge in [-0.25, -0.2) is 8.42 Å². The second kappa shape index (κ2) is 4.91. The second-order valence-corrected chi connectivity index (χ2v) is 6.22. The van der Waals surface area contributed by atoms with E-state index >= 15 is 0 Å². The van der Waals surface area contributed by atoms with Crippen LogP contribution >= 0.6 is 0 Å². The molecule has 0 spiro atoms. The van der Waals surface area contributed by atoms with Crippen LogP contribution in [0.5, 0.6) is 0 Å². The van der Waals surface area contributed by atoms with Crippen molar-refractivity contribution in [2.75, 3.05) is 11.5 Å². The third-order valence-electron chi connectivity index (χ3n) is 2.69. The lowest BCUT2D eigenvalue weighted by atomic mass is 10.0. The van der Waals surface area contributed by atoms with Crippen LogP contribution in [0.25, 0.3) is 0 Å². The van der Waals surface area contributed by atoms with Crippen LogP contribution in [0.2, 0.25) is 0 Å². The lowest BCUT2D eigenvalue weighted by Gasteiger charge is -2.07. The zero-order valence-corrected chi connectivity index (χ0v) is 9.48. The minimum absolute atomic E-state index is 0.0293. The molecule has 0 aromatic heterocycles. The summed E-state index contributed by atoms with van der Waals surface area (Å²) >= 11 is 0. The average Bonchev–Trinajstić information content (AvgIpc) is 2.53. The molecule has 0 aromatic carbocycles. The largest absolute Gasteiger partial charge is 0.298 e. The van der Waals surface area contributed by atoms with Gasteiger partial charge in [-0.3, -0.25) is 4.79 Å². The van der Waals surface area contributed by atoms with Crippen molar-refractivity contribution >= 4 is 15.6 Å². The van der Waals surface area contributed by atoms with Crippen LogP contribution in [0.1, 0.15) is 39.0 Å². The second-order valence-electron chi connectivity index (χ2n) is 4.04. The zero-order chi connectivity index (χ0) is 10.6. The van der Waals surface area contributed by atoms with Gasteiger partial charge in [0.1, 0.15) is 5.75 Å². The molecule has 1 aliphatic rings. The predicted octanol–water partition coefficient (Wildman–Crippen LogP) is 1.57. The molecule has 4 heteroatoms. The lowest BCUT2D eigenvalue weighted by molar-refractivity contribution is -0.120. The summed E-state index contributed by atoms with van der Waals surface area (Å²) in [4.78, 5) is 11.6. The van der Waals surface area contributed by atoms with E-state index in [-0.39, 0.29) is 23.2 Å². The Bertz CT molecular complexity index is 286. The summed E-state index contributed by atoms with van der Waals surface area (Å²) < 4.78 is 22.8. The van der Waals surface area contributed by atoms with Crippen LogP contribution in [0.15, 0.2) is 0 Å². The number of ketones is 1. The summed E-state index contributed by atoms with van der Waals surface area (Å²) in [6.07, 6.45) is 4.52. The lowest BCUT2D eigenvalue weighted by Crippen LogP contribution is -2.23. The summed E-state index contributed by atoms with van der Waals surface area (Å²) in [5.74, 6) is -0.116. The number of carbonyl (C=O) groups is 1. The van der Waals surface area contributed by atoms with Gasteiger partial charge in [-0.05, 0) is 19.3 Å². The van der Waals surface area contributed by atoms with Gasteiger partial charge >= 0.3 is 0 Å². The Labute approximate surface area is 85.8 Å². The van der Waals surface area contributed by atoms with Gasteiger partial charge in [0.15, 0.2) is 15.6 Å². The Kier molecular flexibility index (Phi) is 4.11. The SMILES string of the molecule is CCCS(=O)(=O)CC(=O)C1CCCC1. The number of hydrogen-bond acceptors (Lipinski definition) is 3. The van der Waals surface area contributed by atoms with E-state index in [4.69, 9.17) is 0 Å². The van der Waals surface area contributed by atoms with Gasteiger partial charge in [0.25, 0.3) is 0 Å².